The monoisotopic (exact) mass is 190 g/mol. The second-order valence-corrected chi connectivity index (χ2v) is 3.87. The molecule has 0 spiro atoms. The van der Waals surface area contributed by atoms with E-state index >= 15 is 0 Å². The molecule has 0 fully saturated rings. The van der Waals surface area contributed by atoms with Crippen LogP contribution in [0.3, 0.4) is 0 Å². The lowest BCUT2D eigenvalue weighted by atomic mass is 9.89. The van der Waals surface area contributed by atoms with Gasteiger partial charge < -0.3 is 4.74 Å². The molecule has 1 atom stereocenters. The molecule has 0 radical (unpaired) electrons. The van der Waals surface area contributed by atoms with Gasteiger partial charge in [0, 0.05) is 6.42 Å². The van der Waals surface area contributed by atoms with Gasteiger partial charge in [-0.25, -0.2) is 0 Å². The van der Waals surface area contributed by atoms with Gasteiger partial charge in [-0.2, -0.15) is 0 Å². The third kappa shape index (κ3) is 1.79. The van der Waals surface area contributed by atoms with Crippen molar-refractivity contribution in [2.75, 3.05) is 0 Å². The Morgan fingerprint density at radius 1 is 1.43 bits per heavy atom. The average Bonchev–Trinajstić information content (AvgIpc) is 2.19. The number of aryl methyl sites for hydroxylation is 2. The van der Waals surface area contributed by atoms with Crippen LogP contribution in [0.2, 0.25) is 0 Å². The molecule has 14 heavy (non-hydrogen) atoms. The summed E-state index contributed by atoms with van der Waals surface area (Å²) in [6.07, 6.45) is 2.93. The van der Waals surface area contributed by atoms with Crippen LogP contribution in [0.4, 0.5) is 0 Å². The van der Waals surface area contributed by atoms with Gasteiger partial charge in [0.05, 0.1) is 0 Å². The summed E-state index contributed by atoms with van der Waals surface area (Å²) >= 11 is 0. The summed E-state index contributed by atoms with van der Waals surface area (Å²) in [4.78, 5) is 10.2. The summed E-state index contributed by atoms with van der Waals surface area (Å²) in [5, 5.41) is 0. The molecule has 1 unspecified atom stereocenters. The molecule has 0 N–H and O–H groups in total. The van der Waals surface area contributed by atoms with Crippen LogP contribution in [0.25, 0.3) is 0 Å². The zero-order valence-electron chi connectivity index (χ0n) is 8.32. The van der Waals surface area contributed by atoms with Gasteiger partial charge in [0.1, 0.15) is 6.10 Å². The number of hydrogen-bond acceptors (Lipinski definition) is 2. The van der Waals surface area contributed by atoms with Crippen molar-refractivity contribution >= 4 is 6.47 Å². The van der Waals surface area contributed by atoms with E-state index in [9.17, 15) is 4.79 Å². The van der Waals surface area contributed by atoms with E-state index in [1.807, 2.05) is 0 Å². The molecule has 1 aromatic rings. The first-order chi connectivity index (χ1) is 6.79. The van der Waals surface area contributed by atoms with Gasteiger partial charge in [-0.3, -0.25) is 4.79 Å². The Bertz CT molecular complexity index is 344. The number of benzene rings is 1. The van der Waals surface area contributed by atoms with Crippen LogP contribution < -0.4 is 0 Å². The Kier molecular flexibility index (Phi) is 2.53. The topological polar surface area (TPSA) is 26.3 Å². The lowest BCUT2D eigenvalue weighted by molar-refractivity contribution is -0.133. The standard InChI is InChI=1S/C12H14O2/c1-9-2-3-11-7-12(14-8-13)5-4-10(11)6-9/h2-3,6,8,12H,4-5,7H2,1H3. The highest BCUT2D eigenvalue weighted by molar-refractivity contribution is 5.39. The molecule has 74 valence electrons. The van der Waals surface area contributed by atoms with Crippen molar-refractivity contribution in [1.29, 1.82) is 0 Å². The fourth-order valence-electron chi connectivity index (χ4n) is 2.05. The van der Waals surface area contributed by atoms with Crippen molar-refractivity contribution in [1.82, 2.24) is 0 Å². The van der Waals surface area contributed by atoms with Crippen molar-refractivity contribution in [3.8, 4) is 0 Å². The number of carbonyl (C=O) groups is 1. The second-order valence-electron chi connectivity index (χ2n) is 3.87. The number of fused-ring (bicyclic) bond motifs is 1. The molecule has 1 aliphatic carbocycles. The minimum atomic E-state index is 0.0858. The zero-order valence-corrected chi connectivity index (χ0v) is 8.32. The summed E-state index contributed by atoms with van der Waals surface area (Å²) in [5.74, 6) is 0. The van der Waals surface area contributed by atoms with E-state index in [0.29, 0.717) is 6.47 Å². The highest BCUT2D eigenvalue weighted by Crippen LogP contribution is 2.23. The van der Waals surface area contributed by atoms with Gasteiger partial charge in [-0.1, -0.05) is 23.8 Å². The van der Waals surface area contributed by atoms with Crippen LogP contribution in [0.5, 0.6) is 0 Å². The van der Waals surface area contributed by atoms with Crippen LogP contribution in [-0.4, -0.2) is 12.6 Å². The summed E-state index contributed by atoms with van der Waals surface area (Å²) in [6, 6.07) is 6.49. The van der Waals surface area contributed by atoms with E-state index in [1.165, 1.54) is 16.7 Å². The predicted molar refractivity (Wildman–Crippen MR) is 54.1 cm³/mol. The molecule has 0 amide bonds. The first-order valence-electron chi connectivity index (χ1n) is 4.97. The van der Waals surface area contributed by atoms with E-state index in [1.54, 1.807) is 0 Å². The van der Waals surface area contributed by atoms with E-state index < -0.39 is 0 Å². The molecule has 0 saturated heterocycles. The smallest absolute Gasteiger partial charge is 0.293 e. The highest BCUT2D eigenvalue weighted by Gasteiger charge is 2.18. The molecule has 1 aromatic carbocycles. The molecule has 2 heteroatoms. The lowest BCUT2D eigenvalue weighted by Gasteiger charge is -2.23. The maximum atomic E-state index is 10.2. The van der Waals surface area contributed by atoms with Gasteiger partial charge in [-0.15, -0.1) is 0 Å². The van der Waals surface area contributed by atoms with Gasteiger partial charge in [0.25, 0.3) is 6.47 Å². The average molecular weight is 190 g/mol. The molecule has 1 aliphatic rings. The molecule has 0 heterocycles. The fourth-order valence-corrected chi connectivity index (χ4v) is 2.05. The van der Waals surface area contributed by atoms with Gasteiger partial charge in [-0.05, 0) is 30.9 Å². The summed E-state index contributed by atoms with van der Waals surface area (Å²) in [6.45, 7) is 2.66. The third-order valence-corrected chi connectivity index (χ3v) is 2.79. The Labute approximate surface area is 83.9 Å². The fraction of sp³-hybridized carbons (Fsp3) is 0.417. The van der Waals surface area contributed by atoms with Gasteiger partial charge in [0.15, 0.2) is 0 Å². The van der Waals surface area contributed by atoms with Crippen molar-refractivity contribution in [3.05, 3.63) is 34.9 Å². The quantitative estimate of drug-likeness (QED) is 0.667. The van der Waals surface area contributed by atoms with E-state index in [2.05, 4.69) is 25.1 Å². The van der Waals surface area contributed by atoms with Crippen molar-refractivity contribution in [2.24, 2.45) is 0 Å². The van der Waals surface area contributed by atoms with Crippen molar-refractivity contribution in [3.63, 3.8) is 0 Å². The lowest BCUT2D eigenvalue weighted by Crippen LogP contribution is -2.22. The molecular formula is C12H14O2. The minimum absolute atomic E-state index is 0.0858. The summed E-state index contributed by atoms with van der Waals surface area (Å²) < 4.78 is 4.99. The van der Waals surface area contributed by atoms with Crippen LogP contribution in [0, 0.1) is 6.92 Å². The molecule has 0 aromatic heterocycles. The zero-order chi connectivity index (χ0) is 9.97. The number of ether oxygens (including phenoxy) is 1. The van der Waals surface area contributed by atoms with Crippen LogP contribution >= 0.6 is 0 Å². The summed E-state index contributed by atoms with van der Waals surface area (Å²) in [7, 11) is 0. The second kappa shape index (κ2) is 3.82. The largest absolute Gasteiger partial charge is 0.464 e. The summed E-state index contributed by atoms with van der Waals surface area (Å²) in [5.41, 5.74) is 4.04. The van der Waals surface area contributed by atoms with E-state index in [0.717, 1.165) is 19.3 Å². The van der Waals surface area contributed by atoms with Gasteiger partial charge in [0.2, 0.25) is 0 Å². The predicted octanol–water partition coefficient (Wildman–Crippen LogP) is 2.03. The van der Waals surface area contributed by atoms with Crippen molar-refractivity contribution < 1.29 is 9.53 Å². The molecule has 0 bridgehead atoms. The Hall–Kier alpha value is -1.31. The maximum absolute atomic E-state index is 10.2. The third-order valence-electron chi connectivity index (χ3n) is 2.79. The molecule has 0 aliphatic heterocycles. The van der Waals surface area contributed by atoms with Gasteiger partial charge >= 0.3 is 0 Å². The number of carbonyl (C=O) groups excluding carboxylic acids is 1. The SMILES string of the molecule is Cc1ccc2c(c1)CCC(OC=O)C2. The Balaban J connectivity index is 2.18. The van der Waals surface area contributed by atoms with Crippen molar-refractivity contribution in [2.45, 2.75) is 32.3 Å². The molecular weight excluding hydrogens is 176 g/mol. The normalized spacial score (nSPS) is 19.9. The highest BCUT2D eigenvalue weighted by atomic mass is 16.5. The first kappa shape index (κ1) is 9.25. The molecule has 0 saturated carbocycles. The van der Waals surface area contributed by atoms with E-state index in [-0.39, 0.29) is 6.10 Å². The van der Waals surface area contributed by atoms with Crippen LogP contribution in [0.15, 0.2) is 18.2 Å². The number of hydrogen-bond donors (Lipinski definition) is 0. The number of rotatable bonds is 2. The molecule has 2 nitrogen and oxygen atoms in total. The first-order valence-corrected chi connectivity index (χ1v) is 4.97. The van der Waals surface area contributed by atoms with E-state index in [4.69, 9.17) is 4.74 Å². The minimum Gasteiger partial charge on any atom is -0.464 e. The Morgan fingerprint density at radius 2 is 2.29 bits per heavy atom. The van der Waals surface area contributed by atoms with Crippen LogP contribution in [-0.2, 0) is 22.4 Å². The molecule has 2 rings (SSSR count). The van der Waals surface area contributed by atoms with Crippen LogP contribution in [0.1, 0.15) is 23.1 Å². The Morgan fingerprint density at radius 3 is 3.07 bits per heavy atom. The maximum Gasteiger partial charge on any atom is 0.293 e.